The SMILES string of the molecule is CC(C)c1ncc(C(=O)Nc2c(-c3cc(CO)ccc3F)ccnc2N2CCC(F)(F)C2)cn1. The Balaban J connectivity index is 1.79. The van der Waals surface area contributed by atoms with Gasteiger partial charge in [0.1, 0.15) is 11.6 Å². The lowest BCUT2D eigenvalue weighted by molar-refractivity contribution is 0.0257. The van der Waals surface area contributed by atoms with E-state index in [1.807, 2.05) is 13.8 Å². The molecule has 3 heterocycles. The number of amides is 1. The van der Waals surface area contributed by atoms with Gasteiger partial charge in [0.05, 0.1) is 24.4 Å². The van der Waals surface area contributed by atoms with Gasteiger partial charge in [-0.1, -0.05) is 19.9 Å². The maximum Gasteiger partial charge on any atom is 0.266 e. The van der Waals surface area contributed by atoms with Crippen LogP contribution in [-0.4, -0.2) is 45.0 Å². The van der Waals surface area contributed by atoms with Crippen LogP contribution in [0.4, 0.5) is 24.7 Å². The number of aliphatic hydroxyl groups is 1. The molecule has 0 atom stereocenters. The molecule has 0 radical (unpaired) electrons. The Morgan fingerprint density at radius 1 is 1.18 bits per heavy atom. The summed E-state index contributed by atoms with van der Waals surface area (Å²) >= 11 is 0. The standard InChI is InChI=1S/C24H24F3N5O2/c1-14(2)21-29-10-16(11-30-21)23(34)31-20-17(18-9-15(12-33)3-4-19(18)25)5-7-28-22(20)32-8-6-24(26,27)13-32/h3-5,7,9-11,14,33H,6,8,12-13H2,1-2H3,(H,31,34). The highest BCUT2D eigenvalue weighted by Crippen LogP contribution is 2.40. The molecule has 7 nitrogen and oxygen atoms in total. The number of rotatable bonds is 6. The first-order valence-electron chi connectivity index (χ1n) is 10.8. The van der Waals surface area contributed by atoms with Crippen LogP contribution >= 0.6 is 0 Å². The Labute approximate surface area is 194 Å². The van der Waals surface area contributed by atoms with Crippen molar-refractivity contribution in [2.24, 2.45) is 0 Å². The van der Waals surface area contributed by atoms with E-state index in [1.165, 1.54) is 47.8 Å². The van der Waals surface area contributed by atoms with Gasteiger partial charge in [0.15, 0.2) is 5.82 Å². The van der Waals surface area contributed by atoms with Crippen molar-refractivity contribution < 1.29 is 23.1 Å². The molecule has 1 amide bonds. The molecule has 178 valence electrons. The fourth-order valence-corrected chi connectivity index (χ4v) is 3.77. The van der Waals surface area contributed by atoms with Crippen LogP contribution in [0.1, 0.15) is 47.9 Å². The molecular formula is C24H24F3N5O2. The number of carbonyl (C=O) groups is 1. The normalized spacial score (nSPS) is 15.1. The molecular weight excluding hydrogens is 447 g/mol. The van der Waals surface area contributed by atoms with Gasteiger partial charge in [-0.15, -0.1) is 0 Å². The summed E-state index contributed by atoms with van der Waals surface area (Å²) in [7, 11) is 0. The number of aliphatic hydroxyl groups excluding tert-OH is 1. The summed E-state index contributed by atoms with van der Waals surface area (Å²) in [5, 5.41) is 12.2. The van der Waals surface area contributed by atoms with Crippen molar-refractivity contribution in [1.29, 1.82) is 0 Å². The monoisotopic (exact) mass is 471 g/mol. The molecule has 0 aliphatic carbocycles. The average Bonchev–Trinajstić information content (AvgIpc) is 3.19. The Hall–Kier alpha value is -3.53. The molecule has 1 fully saturated rings. The first-order chi connectivity index (χ1) is 16.2. The molecule has 0 unspecified atom stereocenters. The molecule has 34 heavy (non-hydrogen) atoms. The van der Waals surface area contributed by atoms with Gasteiger partial charge >= 0.3 is 0 Å². The molecule has 2 aromatic heterocycles. The topological polar surface area (TPSA) is 91.2 Å². The highest BCUT2D eigenvalue weighted by molar-refractivity contribution is 6.08. The number of carbonyl (C=O) groups excluding carboxylic acids is 1. The number of aromatic nitrogens is 3. The van der Waals surface area contributed by atoms with Crippen LogP contribution in [0.25, 0.3) is 11.1 Å². The van der Waals surface area contributed by atoms with Gasteiger partial charge in [-0.2, -0.15) is 0 Å². The number of hydrogen-bond donors (Lipinski definition) is 2. The van der Waals surface area contributed by atoms with Gasteiger partial charge in [-0.3, -0.25) is 4.79 Å². The number of nitrogens with zero attached hydrogens (tertiary/aromatic N) is 4. The Bertz CT molecular complexity index is 1200. The van der Waals surface area contributed by atoms with E-state index in [4.69, 9.17) is 0 Å². The molecule has 1 aromatic carbocycles. The second kappa shape index (κ2) is 9.38. The summed E-state index contributed by atoms with van der Waals surface area (Å²) in [6, 6.07) is 5.58. The second-order valence-electron chi connectivity index (χ2n) is 8.50. The third-order valence-electron chi connectivity index (χ3n) is 5.59. The van der Waals surface area contributed by atoms with Crippen molar-refractivity contribution in [3.63, 3.8) is 0 Å². The van der Waals surface area contributed by atoms with Crippen LogP contribution in [-0.2, 0) is 6.61 Å². The smallest absolute Gasteiger partial charge is 0.266 e. The zero-order valence-corrected chi connectivity index (χ0v) is 18.7. The van der Waals surface area contributed by atoms with Crippen molar-refractivity contribution in [3.05, 3.63) is 65.6 Å². The minimum atomic E-state index is -2.90. The van der Waals surface area contributed by atoms with Crippen molar-refractivity contribution in [3.8, 4) is 11.1 Å². The van der Waals surface area contributed by atoms with Gasteiger partial charge in [0.25, 0.3) is 11.8 Å². The maximum absolute atomic E-state index is 14.8. The number of nitrogens with one attached hydrogen (secondary N) is 1. The van der Waals surface area contributed by atoms with E-state index >= 15 is 0 Å². The minimum absolute atomic E-state index is 0.0255. The number of pyridine rings is 1. The maximum atomic E-state index is 14.8. The highest BCUT2D eigenvalue weighted by Gasteiger charge is 2.40. The zero-order chi connectivity index (χ0) is 24.5. The summed E-state index contributed by atoms with van der Waals surface area (Å²) in [5.41, 5.74) is 1.05. The molecule has 1 aliphatic heterocycles. The van der Waals surface area contributed by atoms with E-state index in [-0.39, 0.29) is 53.7 Å². The molecule has 1 saturated heterocycles. The van der Waals surface area contributed by atoms with Crippen molar-refractivity contribution in [1.82, 2.24) is 15.0 Å². The predicted octanol–water partition coefficient (Wildman–Crippen LogP) is 4.39. The molecule has 10 heteroatoms. The number of anilines is 2. The molecule has 4 rings (SSSR count). The number of hydrogen-bond acceptors (Lipinski definition) is 6. The molecule has 0 spiro atoms. The molecule has 0 saturated carbocycles. The van der Waals surface area contributed by atoms with E-state index in [0.717, 1.165) is 0 Å². The highest BCUT2D eigenvalue weighted by atomic mass is 19.3. The van der Waals surface area contributed by atoms with E-state index in [0.29, 0.717) is 11.4 Å². The number of alkyl halides is 2. The van der Waals surface area contributed by atoms with E-state index < -0.39 is 24.2 Å². The molecule has 1 aliphatic rings. The van der Waals surface area contributed by atoms with Gasteiger partial charge in [0.2, 0.25) is 0 Å². The van der Waals surface area contributed by atoms with Crippen molar-refractivity contribution in [2.75, 3.05) is 23.3 Å². The Morgan fingerprint density at radius 2 is 1.91 bits per heavy atom. The summed E-state index contributed by atoms with van der Waals surface area (Å²) in [4.78, 5) is 27.1. The fraction of sp³-hybridized carbons (Fsp3) is 0.333. The molecule has 3 aromatic rings. The summed E-state index contributed by atoms with van der Waals surface area (Å²) in [6.07, 6.45) is 3.78. The van der Waals surface area contributed by atoms with Gasteiger partial charge in [0, 0.05) is 48.6 Å². The summed E-state index contributed by atoms with van der Waals surface area (Å²) in [5.74, 6) is -3.33. The van der Waals surface area contributed by atoms with Gasteiger partial charge in [-0.05, 0) is 23.8 Å². The molecule has 0 bridgehead atoms. The van der Waals surface area contributed by atoms with Crippen LogP contribution in [0, 0.1) is 5.82 Å². The lowest BCUT2D eigenvalue weighted by Crippen LogP contribution is -2.27. The van der Waals surface area contributed by atoms with Crippen LogP contribution < -0.4 is 10.2 Å². The third-order valence-corrected chi connectivity index (χ3v) is 5.59. The van der Waals surface area contributed by atoms with E-state index in [2.05, 4.69) is 20.3 Å². The zero-order valence-electron chi connectivity index (χ0n) is 18.7. The van der Waals surface area contributed by atoms with Crippen LogP contribution in [0.5, 0.6) is 0 Å². The Kier molecular flexibility index (Phi) is 6.52. The summed E-state index contributed by atoms with van der Waals surface area (Å²) in [6.45, 7) is 2.98. The third kappa shape index (κ3) is 4.86. The largest absolute Gasteiger partial charge is 0.392 e. The number of benzene rings is 1. The lowest BCUT2D eigenvalue weighted by atomic mass is 10.0. The second-order valence-corrected chi connectivity index (χ2v) is 8.50. The summed E-state index contributed by atoms with van der Waals surface area (Å²) < 4.78 is 42.8. The van der Waals surface area contributed by atoms with Crippen LogP contribution in [0.2, 0.25) is 0 Å². The van der Waals surface area contributed by atoms with Gasteiger partial charge in [-0.25, -0.2) is 28.1 Å². The van der Waals surface area contributed by atoms with E-state index in [9.17, 15) is 23.1 Å². The van der Waals surface area contributed by atoms with Gasteiger partial charge < -0.3 is 15.3 Å². The Morgan fingerprint density at radius 3 is 2.53 bits per heavy atom. The van der Waals surface area contributed by atoms with Crippen molar-refractivity contribution >= 4 is 17.4 Å². The van der Waals surface area contributed by atoms with E-state index in [1.54, 1.807) is 0 Å². The quantitative estimate of drug-likeness (QED) is 0.554. The van der Waals surface area contributed by atoms with Crippen LogP contribution in [0.3, 0.4) is 0 Å². The first-order valence-corrected chi connectivity index (χ1v) is 10.8. The van der Waals surface area contributed by atoms with Crippen LogP contribution in [0.15, 0.2) is 42.9 Å². The van der Waals surface area contributed by atoms with Crippen molar-refractivity contribution in [2.45, 2.75) is 38.7 Å². The lowest BCUT2D eigenvalue weighted by Gasteiger charge is -2.23. The first kappa shape index (κ1) is 23.6. The number of halogens is 3. The fourth-order valence-electron chi connectivity index (χ4n) is 3.77. The molecule has 2 N–H and O–H groups in total. The predicted molar refractivity (Wildman–Crippen MR) is 121 cm³/mol. The average molecular weight is 471 g/mol. The minimum Gasteiger partial charge on any atom is -0.392 e.